The van der Waals surface area contributed by atoms with Crippen LogP contribution in [-0.4, -0.2) is 72.7 Å². The standard InChI is InChI=1S/C20H21N5O6.C6H14N2O2/c21-20-24-16-15(18(29)25-20)12(9-22-16)6-3-10-1-4-11(5-2-10)17(28)23-13(19(30)31)7-8-14(26)27;7-4-2-1-3-5(8)6(9)10/h1-2,4-5,9,13H,3,6-8H2,(H,23,28)(H,26,27)(H,30,31)(H4,21,22,24,25,29);5H,1-4,7-8H2,(H,9,10)/t13-;5-/m00/s1. The molecule has 3 rings (SSSR count). The van der Waals surface area contributed by atoms with Crippen LogP contribution < -0.4 is 28.1 Å². The van der Waals surface area contributed by atoms with Crippen molar-refractivity contribution >= 4 is 40.8 Å². The van der Waals surface area contributed by atoms with Gasteiger partial charge in [0.15, 0.2) is 0 Å². The maximum atomic E-state index is 12.3. The topological polar surface area (TPSA) is 281 Å². The minimum atomic E-state index is -1.30. The van der Waals surface area contributed by atoms with Crippen molar-refractivity contribution < 1.29 is 34.5 Å². The average Bonchev–Trinajstić information content (AvgIpc) is 3.33. The fourth-order valence-electron chi connectivity index (χ4n) is 3.82. The Morgan fingerprint density at radius 3 is 2.24 bits per heavy atom. The van der Waals surface area contributed by atoms with Gasteiger partial charge in [-0.3, -0.25) is 24.2 Å². The molecule has 0 aliphatic carbocycles. The number of aromatic nitrogens is 3. The third-order valence-electron chi connectivity index (χ3n) is 6.08. The van der Waals surface area contributed by atoms with Crippen LogP contribution in [0.4, 0.5) is 5.95 Å². The molecule has 12 N–H and O–H groups in total. The van der Waals surface area contributed by atoms with E-state index in [1.54, 1.807) is 30.5 Å². The van der Waals surface area contributed by atoms with E-state index < -0.39 is 35.9 Å². The Morgan fingerprint density at radius 1 is 0.976 bits per heavy atom. The van der Waals surface area contributed by atoms with E-state index in [2.05, 4.69) is 20.3 Å². The summed E-state index contributed by atoms with van der Waals surface area (Å²) in [4.78, 5) is 65.8. The number of nitrogens with two attached hydrogens (primary N) is 3. The molecule has 0 radical (unpaired) electrons. The predicted molar refractivity (Wildman–Crippen MR) is 149 cm³/mol. The van der Waals surface area contributed by atoms with Crippen LogP contribution in [0.25, 0.3) is 11.0 Å². The van der Waals surface area contributed by atoms with Crippen LogP contribution in [0.15, 0.2) is 35.3 Å². The summed E-state index contributed by atoms with van der Waals surface area (Å²) in [5, 5.41) is 29.0. The first-order valence-corrected chi connectivity index (χ1v) is 12.8. The highest BCUT2D eigenvalue weighted by Gasteiger charge is 2.21. The van der Waals surface area contributed by atoms with Gasteiger partial charge in [-0.15, -0.1) is 0 Å². The number of aliphatic carboxylic acids is 3. The van der Waals surface area contributed by atoms with Gasteiger partial charge >= 0.3 is 17.9 Å². The number of carboxylic acids is 3. The van der Waals surface area contributed by atoms with Crippen molar-refractivity contribution in [3.63, 3.8) is 0 Å². The first kappa shape index (κ1) is 32.5. The van der Waals surface area contributed by atoms with Gasteiger partial charge in [-0.1, -0.05) is 18.6 Å². The van der Waals surface area contributed by atoms with Gasteiger partial charge in [-0.2, -0.15) is 4.98 Å². The quantitative estimate of drug-likeness (QED) is 0.117. The summed E-state index contributed by atoms with van der Waals surface area (Å²) in [7, 11) is 0. The van der Waals surface area contributed by atoms with Gasteiger partial charge in [0.2, 0.25) is 5.95 Å². The number of aryl methyl sites for hydroxylation is 2. The minimum absolute atomic E-state index is 0.0351. The van der Waals surface area contributed by atoms with Crippen molar-refractivity contribution in [2.24, 2.45) is 11.5 Å². The molecule has 0 fully saturated rings. The Labute approximate surface area is 234 Å². The number of nitrogens with one attached hydrogen (secondary N) is 3. The molecule has 2 heterocycles. The number of benzene rings is 1. The zero-order valence-corrected chi connectivity index (χ0v) is 22.3. The number of amides is 1. The number of anilines is 1. The second-order valence-corrected chi connectivity index (χ2v) is 9.21. The summed E-state index contributed by atoms with van der Waals surface area (Å²) in [6.07, 6.45) is 4.44. The highest BCUT2D eigenvalue weighted by Crippen LogP contribution is 2.16. The van der Waals surface area contributed by atoms with E-state index in [1.807, 2.05) is 0 Å². The second kappa shape index (κ2) is 15.7. The number of hydrogen-bond acceptors (Lipinski definition) is 9. The highest BCUT2D eigenvalue weighted by atomic mass is 16.4. The Balaban J connectivity index is 0.000000503. The molecular weight excluding hydrogens is 538 g/mol. The molecule has 15 heteroatoms. The van der Waals surface area contributed by atoms with E-state index in [1.165, 1.54) is 0 Å². The van der Waals surface area contributed by atoms with Crippen molar-refractivity contribution in [1.29, 1.82) is 0 Å². The monoisotopic (exact) mass is 573 g/mol. The molecule has 0 aliphatic heterocycles. The molecule has 0 saturated carbocycles. The molecule has 222 valence electrons. The molecule has 0 saturated heterocycles. The first-order valence-electron chi connectivity index (χ1n) is 12.8. The maximum Gasteiger partial charge on any atom is 0.326 e. The van der Waals surface area contributed by atoms with Crippen molar-refractivity contribution in [3.8, 4) is 0 Å². The van der Waals surface area contributed by atoms with Gasteiger partial charge in [0, 0.05) is 18.2 Å². The maximum absolute atomic E-state index is 12.3. The molecule has 2 aromatic heterocycles. The van der Waals surface area contributed by atoms with E-state index >= 15 is 0 Å². The van der Waals surface area contributed by atoms with Crippen molar-refractivity contribution in [3.05, 3.63) is 57.5 Å². The van der Waals surface area contributed by atoms with Crippen LogP contribution in [0.1, 0.15) is 53.6 Å². The smallest absolute Gasteiger partial charge is 0.326 e. The molecule has 0 bridgehead atoms. The van der Waals surface area contributed by atoms with E-state index in [0.29, 0.717) is 36.8 Å². The van der Waals surface area contributed by atoms with E-state index in [9.17, 15) is 24.0 Å². The number of hydrogen-bond donors (Lipinski definition) is 9. The molecule has 15 nitrogen and oxygen atoms in total. The molecule has 1 aromatic carbocycles. The summed E-state index contributed by atoms with van der Waals surface area (Å²) in [6, 6.07) is 4.59. The molecule has 2 atom stereocenters. The number of carbonyl (C=O) groups excluding carboxylic acids is 1. The molecule has 1 amide bonds. The van der Waals surface area contributed by atoms with Crippen LogP contribution in [0, 0.1) is 0 Å². The van der Waals surface area contributed by atoms with Crippen molar-refractivity contribution in [2.75, 3.05) is 12.3 Å². The van der Waals surface area contributed by atoms with E-state index in [4.69, 9.17) is 32.5 Å². The van der Waals surface area contributed by atoms with E-state index in [0.717, 1.165) is 24.0 Å². The molecule has 41 heavy (non-hydrogen) atoms. The summed E-state index contributed by atoms with van der Waals surface area (Å²) in [5.74, 6) is -3.93. The lowest BCUT2D eigenvalue weighted by Gasteiger charge is -2.13. The number of aromatic amines is 2. The lowest BCUT2D eigenvalue weighted by atomic mass is 10.0. The fraction of sp³-hybridized carbons (Fsp3) is 0.385. The lowest BCUT2D eigenvalue weighted by molar-refractivity contribution is -0.141. The molecule has 0 spiro atoms. The lowest BCUT2D eigenvalue weighted by Crippen LogP contribution is -2.41. The number of nitrogen functional groups attached to an aromatic ring is 1. The minimum Gasteiger partial charge on any atom is -0.481 e. The van der Waals surface area contributed by atoms with Crippen LogP contribution in [0.3, 0.4) is 0 Å². The van der Waals surface area contributed by atoms with Crippen LogP contribution >= 0.6 is 0 Å². The van der Waals surface area contributed by atoms with Gasteiger partial charge in [-0.25, -0.2) is 4.79 Å². The number of unbranched alkanes of at least 4 members (excludes halogenated alkanes) is 1. The third kappa shape index (κ3) is 10.4. The summed E-state index contributed by atoms with van der Waals surface area (Å²) in [6.45, 7) is 0.604. The zero-order chi connectivity index (χ0) is 30.5. The largest absolute Gasteiger partial charge is 0.481 e. The van der Waals surface area contributed by atoms with Gasteiger partial charge in [0.1, 0.15) is 17.7 Å². The number of H-pyrrole nitrogens is 2. The molecule has 0 unspecified atom stereocenters. The number of nitrogens with zero attached hydrogens (tertiary/aromatic N) is 1. The second-order valence-electron chi connectivity index (χ2n) is 9.21. The number of fused-ring (bicyclic) bond motifs is 1. The summed E-state index contributed by atoms with van der Waals surface area (Å²) in [5.41, 5.74) is 18.0. The van der Waals surface area contributed by atoms with Crippen molar-refractivity contribution in [1.82, 2.24) is 20.3 Å². The van der Waals surface area contributed by atoms with Gasteiger partial charge in [-0.05, 0) is 61.9 Å². The van der Waals surface area contributed by atoms with Crippen LogP contribution in [0.5, 0.6) is 0 Å². The normalized spacial score (nSPS) is 12.1. The van der Waals surface area contributed by atoms with E-state index in [-0.39, 0.29) is 29.9 Å². The number of carboxylic acid groups (broad SMARTS) is 3. The first-order chi connectivity index (χ1) is 19.4. The van der Waals surface area contributed by atoms with Gasteiger partial charge in [0.05, 0.1) is 5.39 Å². The Bertz CT molecular complexity index is 1400. The Morgan fingerprint density at radius 2 is 1.66 bits per heavy atom. The number of rotatable bonds is 14. The summed E-state index contributed by atoms with van der Waals surface area (Å²) < 4.78 is 0. The van der Waals surface area contributed by atoms with Crippen LogP contribution in [-0.2, 0) is 27.2 Å². The number of carbonyl (C=O) groups is 4. The Kier molecular flexibility index (Phi) is 12.5. The van der Waals surface area contributed by atoms with Gasteiger partial charge < -0.3 is 42.8 Å². The average molecular weight is 574 g/mol. The highest BCUT2D eigenvalue weighted by molar-refractivity contribution is 5.96. The molecule has 0 aliphatic rings. The fourth-order valence-corrected chi connectivity index (χ4v) is 3.82. The SMILES string of the molecule is NCCCC[C@H](N)C(=O)O.Nc1nc2[nH]cc(CCc3ccc(C(=O)N[C@@H](CCC(=O)O)C(=O)O)cc3)c2c(=O)[nH]1. The van der Waals surface area contributed by atoms with Crippen LogP contribution in [0.2, 0.25) is 0 Å². The summed E-state index contributed by atoms with van der Waals surface area (Å²) >= 11 is 0. The Hall–Kier alpha value is -4.76. The third-order valence-corrected chi connectivity index (χ3v) is 6.08. The molecule has 3 aromatic rings. The van der Waals surface area contributed by atoms with Gasteiger partial charge in [0.25, 0.3) is 11.5 Å². The predicted octanol–water partition coefficient (Wildman–Crippen LogP) is 0.194. The zero-order valence-electron chi connectivity index (χ0n) is 22.3. The molecular formula is C26H35N7O8. The van der Waals surface area contributed by atoms with Crippen molar-refractivity contribution in [2.45, 2.75) is 57.0 Å².